The van der Waals surface area contributed by atoms with Crippen LogP contribution in [0.3, 0.4) is 0 Å². The molecule has 0 atom stereocenters. The summed E-state index contributed by atoms with van der Waals surface area (Å²) < 4.78 is 5.59. The summed E-state index contributed by atoms with van der Waals surface area (Å²) in [5.41, 5.74) is 13.6. The highest BCUT2D eigenvalue weighted by atomic mass is 79.9. The lowest BCUT2D eigenvalue weighted by molar-refractivity contribution is 1.24. The fourth-order valence-corrected chi connectivity index (χ4v) is 7.70. The van der Waals surface area contributed by atoms with Crippen molar-refractivity contribution in [2.24, 2.45) is 0 Å². The van der Waals surface area contributed by atoms with Gasteiger partial charge in [-0.05, 0) is 72.2 Å². The lowest BCUT2D eigenvalue weighted by Crippen LogP contribution is -1.92. The molecule has 0 saturated heterocycles. The van der Waals surface area contributed by atoms with Crippen LogP contribution >= 0.6 is 15.9 Å². The van der Waals surface area contributed by atoms with Crippen LogP contribution in [0.2, 0.25) is 0 Å². The van der Waals surface area contributed by atoms with Crippen molar-refractivity contribution in [3.8, 4) is 22.5 Å². The minimum Gasteiger partial charge on any atom is -0.315 e. The molecule has 10 rings (SSSR count). The molecule has 0 bridgehead atoms. The predicted molar refractivity (Wildman–Crippen MR) is 208 cm³/mol. The van der Waals surface area contributed by atoms with Crippen LogP contribution in [-0.2, 0) is 0 Å². The van der Waals surface area contributed by atoms with E-state index in [2.05, 4.69) is 184 Å². The maximum Gasteiger partial charge on any atom is 0.0956 e. The number of hydrogen-bond donors (Lipinski definition) is 0. The SMILES string of the molecule is Cc1ccc(-c2nc3ccccc3c3c(Br)c4ccccn4c23)cc1.Cc1ccc(-c2nc3ccccc3c3cc4ccccn4c23)cc1. The van der Waals surface area contributed by atoms with Crippen molar-refractivity contribution in [2.75, 3.05) is 0 Å². The first-order chi connectivity index (χ1) is 24.0. The topological polar surface area (TPSA) is 34.6 Å². The maximum atomic E-state index is 5.03. The summed E-state index contributed by atoms with van der Waals surface area (Å²) in [6.07, 6.45) is 4.22. The van der Waals surface area contributed by atoms with Crippen molar-refractivity contribution in [2.45, 2.75) is 13.8 Å². The summed E-state index contributed by atoms with van der Waals surface area (Å²) in [6.45, 7) is 4.22. The Kier molecular flexibility index (Phi) is 7.03. The quantitative estimate of drug-likeness (QED) is 0.180. The number of pyridine rings is 4. The number of halogens is 1. The molecule has 0 aliphatic heterocycles. The molecule has 5 heteroatoms. The molecule has 234 valence electrons. The minimum absolute atomic E-state index is 1.01. The van der Waals surface area contributed by atoms with Crippen LogP contribution < -0.4 is 0 Å². The molecule has 4 nitrogen and oxygen atoms in total. The van der Waals surface area contributed by atoms with Gasteiger partial charge in [-0.15, -0.1) is 0 Å². The van der Waals surface area contributed by atoms with E-state index in [0.717, 1.165) is 49.1 Å². The van der Waals surface area contributed by atoms with E-state index in [0.29, 0.717) is 0 Å². The van der Waals surface area contributed by atoms with Crippen molar-refractivity contribution in [1.29, 1.82) is 0 Å². The third-order valence-electron chi connectivity index (χ3n) is 9.39. The first-order valence-electron chi connectivity index (χ1n) is 16.4. The van der Waals surface area contributed by atoms with Crippen LogP contribution in [0.15, 0.2) is 156 Å². The molecule has 0 fully saturated rings. The van der Waals surface area contributed by atoms with Gasteiger partial charge in [-0.1, -0.05) is 108 Å². The molecule has 0 N–H and O–H groups in total. The van der Waals surface area contributed by atoms with Crippen LogP contribution in [0.1, 0.15) is 11.1 Å². The third kappa shape index (κ3) is 4.89. The molecule has 0 aliphatic rings. The minimum atomic E-state index is 1.01. The molecule has 0 saturated carbocycles. The first kappa shape index (κ1) is 29.4. The van der Waals surface area contributed by atoms with Gasteiger partial charge in [0, 0.05) is 50.6 Å². The smallest absolute Gasteiger partial charge is 0.0956 e. The Morgan fingerprint density at radius 2 is 1.02 bits per heavy atom. The highest BCUT2D eigenvalue weighted by molar-refractivity contribution is 9.10. The van der Waals surface area contributed by atoms with Gasteiger partial charge in [0.1, 0.15) is 0 Å². The van der Waals surface area contributed by atoms with Crippen molar-refractivity contribution in [3.05, 3.63) is 168 Å². The fourth-order valence-electron chi connectivity index (χ4n) is 6.97. The van der Waals surface area contributed by atoms with Crippen molar-refractivity contribution in [1.82, 2.24) is 18.8 Å². The van der Waals surface area contributed by atoms with E-state index in [1.807, 2.05) is 6.07 Å². The van der Waals surface area contributed by atoms with Gasteiger partial charge in [-0.25, -0.2) is 9.97 Å². The monoisotopic (exact) mass is 694 g/mol. The Morgan fingerprint density at radius 3 is 1.69 bits per heavy atom. The van der Waals surface area contributed by atoms with Crippen molar-refractivity contribution in [3.63, 3.8) is 0 Å². The second kappa shape index (κ2) is 11.7. The van der Waals surface area contributed by atoms with E-state index in [9.17, 15) is 0 Å². The second-order valence-electron chi connectivity index (χ2n) is 12.6. The number of hydrogen-bond acceptors (Lipinski definition) is 2. The number of benzene rings is 4. The highest BCUT2D eigenvalue weighted by Gasteiger charge is 2.19. The Morgan fingerprint density at radius 1 is 0.490 bits per heavy atom. The van der Waals surface area contributed by atoms with Crippen LogP contribution in [0, 0.1) is 13.8 Å². The molecule has 10 aromatic rings. The van der Waals surface area contributed by atoms with E-state index in [1.54, 1.807) is 0 Å². The van der Waals surface area contributed by atoms with Crippen LogP contribution in [-0.4, -0.2) is 18.8 Å². The van der Waals surface area contributed by atoms with E-state index in [1.165, 1.54) is 43.7 Å². The predicted octanol–water partition coefficient (Wildman–Crippen LogP) is 12.0. The number of aryl methyl sites for hydroxylation is 2. The largest absolute Gasteiger partial charge is 0.315 e. The maximum absolute atomic E-state index is 5.03. The molecule has 0 unspecified atom stereocenters. The average molecular weight is 696 g/mol. The van der Waals surface area contributed by atoms with E-state index >= 15 is 0 Å². The van der Waals surface area contributed by atoms with Gasteiger partial charge in [0.25, 0.3) is 0 Å². The lowest BCUT2D eigenvalue weighted by Gasteiger charge is -2.09. The standard InChI is InChI=1S/C22H15BrN2.C22H16N2/c1-14-9-11-15(12-10-14)21-22-19(16-6-2-3-7-17(16)24-21)20(23)18-8-4-5-13-25(18)22;1-15-9-11-16(12-10-15)21-22-19(14-17-6-4-5-13-24(17)22)18-7-2-3-8-20(18)23-21/h2-13H,1H3;2-14H,1H3. The molecule has 6 heterocycles. The fraction of sp³-hybridized carbons (Fsp3) is 0.0455. The van der Waals surface area contributed by atoms with E-state index < -0.39 is 0 Å². The van der Waals surface area contributed by atoms with Gasteiger partial charge < -0.3 is 8.80 Å². The average Bonchev–Trinajstić information content (AvgIpc) is 3.68. The molecule has 0 amide bonds. The normalized spacial score (nSPS) is 11.6. The Hall–Kier alpha value is -5.78. The summed E-state index contributed by atoms with van der Waals surface area (Å²) in [6, 6.07) is 48.8. The van der Waals surface area contributed by atoms with E-state index in [-0.39, 0.29) is 0 Å². The first-order valence-corrected chi connectivity index (χ1v) is 17.2. The van der Waals surface area contributed by atoms with Crippen LogP contribution in [0.4, 0.5) is 0 Å². The summed E-state index contributed by atoms with van der Waals surface area (Å²) in [5, 5.41) is 4.84. The van der Waals surface area contributed by atoms with Gasteiger partial charge in [0.15, 0.2) is 0 Å². The van der Waals surface area contributed by atoms with Crippen LogP contribution in [0.5, 0.6) is 0 Å². The summed E-state index contributed by atoms with van der Waals surface area (Å²) in [5.74, 6) is 0. The van der Waals surface area contributed by atoms with Crippen molar-refractivity contribution >= 4 is 70.6 Å². The van der Waals surface area contributed by atoms with Gasteiger partial charge >= 0.3 is 0 Å². The Labute approximate surface area is 292 Å². The number of aromatic nitrogens is 4. The Bertz CT molecular complexity index is 2840. The lowest BCUT2D eigenvalue weighted by atomic mass is 10.0. The van der Waals surface area contributed by atoms with Crippen LogP contribution in [0.25, 0.3) is 77.2 Å². The molecule has 0 aliphatic carbocycles. The molecule has 0 radical (unpaired) electrons. The summed E-state index contributed by atoms with van der Waals surface area (Å²) in [4.78, 5) is 10.0. The van der Waals surface area contributed by atoms with Gasteiger partial charge in [-0.3, -0.25) is 0 Å². The highest BCUT2D eigenvalue weighted by Crippen LogP contribution is 2.40. The van der Waals surface area contributed by atoms with Crippen molar-refractivity contribution < 1.29 is 0 Å². The number of para-hydroxylation sites is 2. The van der Waals surface area contributed by atoms with Gasteiger partial charge in [0.2, 0.25) is 0 Å². The summed E-state index contributed by atoms with van der Waals surface area (Å²) in [7, 11) is 0. The Balaban J connectivity index is 0.000000133. The molecular weight excluding hydrogens is 664 g/mol. The second-order valence-corrected chi connectivity index (χ2v) is 13.4. The number of rotatable bonds is 2. The molecule has 49 heavy (non-hydrogen) atoms. The van der Waals surface area contributed by atoms with E-state index in [4.69, 9.17) is 9.97 Å². The number of fused-ring (bicyclic) bond motifs is 10. The van der Waals surface area contributed by atoms with Gasteiger partial charge in [0.05, 0.1) is 43.4 Å². The number of nitrogens with zero attached hydrogens (tertiary/aromatic N) is 4. The molecular formula is C44H31BrN4. The van der Waals surface area contributed by atoms with Gasteiger partial charge in [-0.2, -0.15) is 0 Å². The zero-order valence-electron chi connectivity index (χ0n) is 27.1. The molecule has 0 spiro atoms. The summed E-state index contributed by atoms with van der Waals surface area (Å²) >= 11 is 3.84. The molecule has 6 aromatic heterocycles. The third-order valence-corrected chi connectivity index (χ3v) is 10.2. The zero-order valence-corrected chi connectivity index (χ0v) is 28.7. The zero-order chi connectivity index (χ0) is 33.1. The molecule has 4 aromatic carbocycles.